The van der Waals surface area contributed by atoms with Crippen LogP contribution in [0.15, 0.2) is 47.5 Å². The molecule has 0 bridgehead atoms. The summed E-state index contributed by atoms with van der Waals surface area (Å²) in [4.78, 5) is 39.6. The molecule has 0 unspecified atom stereocenters. The van der Waals surface area contributed by atoms with Crippen molar-refractivity contribution in [2.75, 3.05) is 18.5 Å². The third-order valence-electron chi connectivity index (χ3n) is 4.34. The van der Waals surface area contributed by atoms with Crippen molar-refractivity contribution in [3.63, 3.8) is 0 Å². The van der Waals surface area contributed by atoms with Crippen LogP contribution in [-0.4, -0.2) is 49.4 Å². The van der Waals surface area contributed by atoms with Gasteiger partial charge in [-0.05, 0) is 42.8 Å². The fourth-order valence-electron chi connectivity index (χ4n) is 2.64. The predicted molar refractivity (Wildman–Crippen MR) is 118 cm³/mol. The number of rotatable bonds is 11. The summed E-state index contributed by atoms with van der Waals surface area (Å²) in [5.41, 5.74) is 0.421. The summed E-state index contributed by atoms with van der Waals surface area (Å²) >= 11 is 0. The minimum atomic E-state index is -4.16. The lowest BCUT2D eigenvalue weighted by molar-refractivity contribution is -0.116. The molecule has 0 aliphatic carbocycles. The summed E-state index contributed by atoms with van der Waals surface area (Å²) in [7, 11) is -4.16. The van der Waals surface area contributed by atoms with Crippen molar-refractivity contribution in [2.24, 2.45) is 0 Å². The van der Waals surface area contributed by atoms with Crippen LogP contribution in [0.1, 0.15) is 53.5 Å². The SMILES string of the molecule is CCCCCC(=O)Nc1ccc(S(=O)(=O)NC(=O)c2ccc(C(=O)NCCO)nc2)cc1. The zero-order valence-corrected chi connectivity index (χ0v) is 18.4. The van der Waals surface area contributed by atoms with Crippen molar-refractivity contribution >= 4 is 33.4 Å². The maximum absolute atomic E-state index is 12.5. The Morgan fingerprint density at radius 3 is 2.31 bits per heavy atom. The molecule has 0 aliphatic heterocycles. The van der Waals surface area contributed by atoms with E-state index in [4.69, 9.17) is 5.11 Å². The Kier molecular flexibility index (Phi) is 9.29. The molecule has 11 heteroatoms. The zero-order chi connectivity index (χ0) is 23.6. The first kappa shape index (κ1) is 25.0. The number of aromatic nitrogens is 1. The second-order valence-electron chi connectivity index (χ2n) is 6.88. The van der Waals surface area contributed by atoms with Gasteiger partial charge in [0.1, 0.15) is 5.69 Å². The molecule has 0 saturated heterocycles. The average molecular weight is 463 g/mol. The highest BCUT2D eigenvalue weighted by molar-refractivity contribution is 7.90. The molecule has 32 heavy (non-hydrogen) atoms. The van der Waals surface area contributed by atoms with E-state index in [0.717, 1.165) is 25.5 Å². The van der Waals surface area contributed by atoms with Crippen LogP contribution in [-0.2, 0) is 14.8 Å². The number of pyridine rings is 1. The van der Waals surface area contributed by atoms with Gasteiger partial charge in [-0.2, -0.15) is 0 Å². The molecule has 0 saturated carbocycles. The normalized spacial score (nSPS) is 10.9. The molecule has 2 aromatic rings. The molecule has 1 aromatic heterocycles. The topological polar surface area (TPSA) is 155 Å². The fraction of sp³-hybridized carbons (Fsp3) is 0.333. The monoisotopic (exact) mass is 462 g/mol. The molecule has 0 radical (unpaired) electrons. The first-order valence-electron chi connectivity index (χ1n) is 10.1. The lowest BCUT2D eigenvalue weighted by Gasteiger charge is -2.09. The number of nitrogens with one attached hydrogen (secondary N) is 3. The number of benzene rings is 1. The zero-order valence-electron chi connectivity index (χ0n) is 17.6. The van der Waals surface area contributed by atoms with Gasteiger partial charge >= 0.3 is 0 Å². The third-order valence-corrected chi connectivity index (χ3v) is 5.69. The van der Waals surface area contributed by atoms with E-state index in [1.807, 2.05) is 11.6 Å². The molecule has 0 fully saturated rings. The van der Waals surface area contributed by atoms with E-state index in [1.165, 1.54) is 36.4 Å². The van der Waals surface area contributed by atoms with E-state index in [9.17, 15) is 22.8 Å². The number of carbonyl (C=O) groups is 3. The van der Waals surface area contributed by atoms with Crippen LogP contribution >= 0.6 is 0 Å². The van der Waals surface area contributed by atoms with Crippen LogP contribution in [0.3, 0.4) is 0 Å². The summed E-state index contributed by atoms with van der Waals surface area (Å²) in [6.45, 7) is 1.87. The molecule has 10 nitrogen and oxygen atoms in total. The third kappa shape index (κ3) is 7.43. The number of nitrogens with zero attached hydrogens (tertiary/aromatic N) is 1. The van der Waals surface area contributed by atoms with Crippen molar-refractivity contribution in [3.8, 4) is 0 Å². The van der Waals surface area contributed by atoms with Crippen LogP contribution in [0.2, 0.25) is 0 Å². The summed E-state index contributed by atoms with van der Waals surface area (Å²) in [6.07, 6.45) is 4.21. The smallest absolute Gasteiger partial charge is 0.269 e. The molecule has 4 N–H and O–H groups in total. The van der Waals surface area contributed by atoms with Gasteiger partial charge in [0.25, 0.3) is 21.8 Å². The Balaban J connectivity index is 1.99. The average Bonchev–Trinajstić information content (AvgIpc) is 2.77. The highest BCUT2D eigenvalue weighted by Crippen LogP contribution is 2.15. The number of anilines is 1. The number of amides is 3. The summed E-state index contributed by atoms with van der Waals surface area (Å²) in [5, 5.41) is 13.8. The predicted octanol–water partition coefficient (Wildman–Crippen LogP) is 1.44. The Labute approximate surface area is 186 Å². The number of aliphatic hydroxyl groups excluding tert-OH is 1. The van der Waals surface area contributed by atoms with Gasteiger partial charge in [-0.1, -0.05) is 19.8 Å². The largest absolute Gasteiger partial charge is 0.395 e. The minimum absolute atomic E-state index is 0.0187. The second-order valence-corrected chi connectivity index (χ2v) is 8.56. The lowest BCUT2D eigenvalue weighted by atomic mass is 10.2. The number of aliphatic hydroxyl groups is 1. The quantitative estimate of drug-likeness (QED) is 0.368. The maximum atomic E-state index is 12.5. The maximum Gasteiger partial charge on any atom is 0.269 e. The van der Waals surface area contributed by atoms with E-state index in [-0.39, 0.29) is 35.2 Å². The number of unbranched alkanes of at least 4 members (excludes halogenated alkanes) is 2. The molecule has 0 aliphatic rings. The van der Waals surface area contributed by atoms with Gasteiger partial charge in [-0.3, -0.25) is 19.4 Å². The lowest BCUT2D eigenvalue weighted by Crippen LogP contribution is -2.31. The van der Waals surface area contributed by atoms with E-state index in [1.54, 1.807) is 0 Å². The van der Waals surface area contributed by atoms with Crippen LogP contribution < -0.4 is 15.4 Å². The van der Waals surface area contributed by atoms with E-state index in [2.05, 4.69) is 15.6 Å². The molecule has 172 valence electrons. The number of hydrogen-bond donors (Lipinski definition) is 4. The van der Waals surface area contributed by atoms with Gasteiger partial charge < -0.3 is 15.7 Å². The first-order chi connectivity index (χ1) is 15.3. The minimum Gasteiger partial charge on any atom is -0.395 e. The van der Waals surface area contributed by atoms with Gasteiger partial charge in [0, 0.05) is 24.8 Å². The molecule has 1 aromatic carbocycles. The summed E-state index contributed by atoms with van der Waals surface area (Å²) in [5.74, 6) is -1.59. The number of sulfonamides is 1. The molecule has 2 rings (SSSR count). The van der Waals surface area contributed by atoms with Gasteiger partial charge in [0.15, 0.2) is 0 Å². The standard InChI is InChI=1S/C21H26N4O6S/c1-2-3-4-5-19(27)24-16-7-9-17(10-8-16)32(30,31)25-20(28)15-6-11-18(23-14-15)21(29)22-12-13-26/h6-11,14,26H,2-5,12-13H2,1H3,(H,22,29)(H,24,27)(H,25,28). The Bertz CT molecular complexity index is 1040. The Morgan fingerprint density at radius 2 is 1.72 bits per heavy atom. The van der Waals surface area contributed by atoms with Crippen LogP contribution in [0.4, 0.5) is 5.69 Å². The molecule has 0 spiro atoms. The summed E-state index contributed by atoms with van der Waals surface area (Å²) < 4.78 is 26.9. The molecule has 1 heterocycles. The number of carbonyl (C=O) groups excluding carboxylic acids is 3. The van der Waals surface area contributed by atoms with Crippen LogP contribution in [0.25, 0.3) is 0 Å². The van der Waals surface area contributed by atoms with Crippen molar-refractivity contribution in [1.29, 1.82) is 0 Å². The number of hydrogen-bond acceptors (Lipinski definition) is 7. The molecule has 0 atom stereocenters. The highest BCUT2D eigenvalue weighted by atomic mass is 32.2. The van der Waals surface area contributed by atoms with Crippen molar-refractivity contribution < 1.29 is 27.9 Å². The highest BCUT2D eigenvalue weighted by Gasteiger charge is 2.19. The summed E-state index contributed by atoms with van der Waals surface area (Å²) in [6, 6.07) is 7.99. The Morgan fingerprint density at radius 1 is 1.00 bits per heavy atom. The first-order valence-corrected chi connectivity index (χ1v) is 11.6. The van der Waals surface area contributed by atoms with Gasteiger partial charge in [0.2, 0.25) is 5.91 Å². The van der Waals surface area contributed by atoms with Crippen LogP contribution in [0.5, 0.6) is 0 Å². The van der Waals surface area contributed by atoms with Gasteiger partial charge in [-0.25, -0.2) is 13.1 Å². The van der Waals surface area contributed by atoms with Crippen LogP contribution in [0, 0.1) is 0 Å². The van der Waals surface area contributed by atoms with Crippen molar-refractivity contribution in [1.82, 2.24) is 15.0 Å². The molecule has 3 amide bonds. The van der Waals surface area contributed by atoms with E-state index < -0.39 is 21.8 Å². The van der Waals surface area contributed by atoms with E-state index >= 15 is 0 Å². The fourth-order valence-corrected chi connectivity index (χ4v) is 3.61. The van der Waals surface area contributed by atoms with Gasteiger partial charge in [-0.15, -0.1) is 0 Å². The Hall–Kier alpha value is -3.31. The molecular weight excluding hydrogens is 436 g/mol. The van der Waals surface area contributed by atoms with Gasteiger partial charge in [0.05, 0.1) is 17.1 Å². The molecular formula is C21H26N4O6S. The van der Waals surface area contributed by atoms with Crippen molar-refractivity contribution in [2.45, 2.75) is 37.5 Å². The second kappa shape index (κ2) is 11.9. The van der Waals surface area contributed by atoms with E-state index in [0.29, 0.717) is 12.1 Å². The van der Waals surface area contributed by atoms with Crippen molar-refractivity contribution in [3.05, 3.63) is 53.9 Å².